The zero-order valence-electron chi connectivity index (χ0n) is 13.4. The summed E-state index contributed by atoms with van der Waals surface area (Å²) in [5.74, 6) is 2.66. The highest BCUT2D eigenvalue weighted by molar-refractivity contribution is 7.98. The van der Waals surface area contributed by atoms with Crippen molar-refractivity contribution in [1.29, 1.82) is 0 Å². The number of hydrogen-bond donors (Lipinski definition) is 1. The van der Waals surface area contributed by atoms with Crippen LogP contribution in [-0.4, -0.2) is 15.5 Å². The van der Waals surface area contributed by atoms with E-state index in [0.717, 1.165) is 40.4 Å². The minimum absolute atomic E-state index is 0.0919. The summed E-state index contributed by atoms with van der Waals surface area (Å²) in [6, 6.07) is 6.03. The van der Waals surface area contributed by atoms with Crippen LogP contribution in [-0.2, 0) is 12.3 Å². The second-order valence-electron chi connectivity index (χ2n) is 6.19. The Morgan fingerprint density at radius 1 is 1.10 bits per heavy atom. The Labute approximate surface area is 130 Å². The summed E-state index contributed by atoms with van der Waals surface area (Å²) in [6.07, 6.45) is 0. The van der Waals surface area contributed by atoms with Gasteiger partial charge in [-0.3, -0.25) is 0 Å². The van der Waals surface area contributed by atoms with Crippen molar-refractivity contribution < 1.29 is 4.42 Å². The van der Waals surface area contributed by atoms with E-state index in [-0.39, 0.29) is 5.54 Å². The van der Waals surface area contributed by atoms with Gasteiger partial charge in [0.25, 0.3) is 0 Å². The number of nitrogens with one attached hydrogen (secondary N) is 1. The van der Waals surface area contributed by atoms with Gasteiger partial charge >= 0.3 is 0 Å². The molecule has 0 aromatic carbocycles. The van der Waals surface area contributed by atoms with E-state index in [9.17, 15) is 0 Å². The summed E-state index contributed by atoms with van der Waals surface area (Å²) in [6.45, 7) is 11.1. The molecule has 21 heavy (non-hydrogen) atoms. The van der Waals surface area contributed by atoms with Crippen LogP contribution in [0.4, 0.5) is 0 Å². The van der Waals surface area contributed by atoms with E-state index in [1.165, 1.54) is 0 Å². The standard InChI is InChI=1S/C16H23N3OS/c1-11-8-12(2)19-15(18-11)21-10-14-7-6-13(20-14)9-17-16(3,4)5/h6-8,17H,9-10H2,1-5H3. The van der Waals surface area contributed by atoms with Gasteiger partial charge in [0, 0.05) is 16.9 Å². The van der Waals surface area contributed by atoms with Gasteiger partial charge in [0.1, 0.15) is 11.5 Å². The molecule has 0 aliphatic heterocycles. The zero-order chi connectivity index (χ0) is 15.5. The molecular weight excluding hydrogens is 282 g/mol. The summed E-state index contributed by atoms with van der Waals surface area (Å²) in [5, 5.41) is 4.22. The number of furan rings is 1. The largest absolute Gasteiger partial charge is 0.464 e. The van der Waals surface area contributed by atoms with E-state index in [4.69, 9.17) is 4.42 Å². The Hall–Kier alpha value is -1.33. The Bertz CT molecular complexity index is 582. The summed E-state index contributed by atoms with van der Waals surface area (Å²) < 4.78 is 5.82. The summed E-state index contributed by atoms with van der Waals surface area (Å²) in [5.41, 5.74) is 2.09. The number of hydrogen-bond acceptors (Lipinski definition) is 5. The first-order chi connectivity index (χ1) is 9.82. The first kappa shape index (κ1) is 16.0. The van der Waals surface area contributed by atoms with Crippen LogP contribution in [0.5, 0.6) is 0 Å². The fraction of sp³-hybridized carbons (Fsp3) is 0.500. The molecule has 1 N–H and O–H groups in total. The third-order valence-corrected chi connectivity index (χ3v) is 3.69. The molecule has 0 aliphatic rings. The average molecular weight is 305 g/mol. The highest BCUT2D eigenvalue weighted by atomic mass is 32.2. The number of thioether (sulfide) groups is 1. The van der Waals surface area contributed by atoms with Crippen LogP contribution in [0.1, 0.15) is 43.7 Å². The molecule has 4 nitrogen and oxygen atoms in total. The van der Waals surface area contributed by atoms with Crippen molar-refractivity contribution in [3.8, 4) is 0 Å². The van der Waals surface area contributed by atoms with Crippen molar-refractivity contribution in [3.63, 3.8) is 0 Å². The second kappa shape index (κ2) is 6.62. The Morgan fingerprint density at radius 3 is 2.33 bits per heavy atom. The van der Waals surface area contributed by atoms with Crippen LogP contribution >= 0.6 is 11.8 Å². The molecule has 0 spiro atoms. The smallest absolute Gasteiger partial charge is 0.188 e. The SMILES string of the molecule is Cc1cc(C)nc(SCc2ccc(CNC(C)(C)C)o2)n1. The van der Waals surface area contributed by atoms with Gasteiger partial charge in [0.15, 0.2) is 5.16 Å². The number of aromatic nitrogens is 2. The number of nitrogens with zero attached hydrogens (tertiary/aromatic N) is 2. The maximum absolute atomic E-state index is 5.82. The van der Waals surface area contributed by atoms with E-state index in [1.807, 2.05) is 32.0 Å². The number of rotatable bonds is 5. The normalized spacial score (nSPS) is 11.9. The van der Waals surface area contributed by atoms with Crippen molar-refractivity contribution >= 4 is 11.8 Å². The van der Waals surface area contributed by atoms with Crippen molar-refractivity contribution in [1.82, 2.24) is 15.3 Å². The molecular formula is C16H23N3OS. The molecule has 2 aromatic heterocycles. The first-order valence-corrected chi connectivity index (χ1v) is 8.08. The van der Waals surface area contributed by atoms with Gasteiger partial charge in [-0.15, -0.1) is 0 Å². The molecule has 0 unspecified atom stereocenters. The lowest BCUT2D eigenvalue weighted by atomic mass is 10.1. The average Bonchev–Trinajstić information content (AvgIpc) is 2.80. The summed E-state index contributed by atoms with van der Waals surface area (Å²) in [7, 11) is 0. The molecule has 2 rings (SSSR count). The van der Waals surface area contributed by atoms with Crippen LogP contribution in [0.25, 0.3) is 0 Å². The molecule has 0 fully saturated rings. The van der Waals surface area contributed by atoms with E-state index < -0.39 is 0 Å². The van der Waals surface area contributed by atoms with Gasteiger partial charge in [0.2, 0.25) is 0 Å². The Morgan fingerprint density at radius 2 is 1.71 bits per heavy atom. The zero-order valence-corrected chi connectivity index (χ0v) is 14.2. The minimum Gasteiger partial charge on any atom is -0.464 e. The van der Waals surface area contributed by atoms with E-state index in [1.54, 1.807) is 11.8 Å². The van der Waals surface area contributed by atoms with Crippen LogP contribution in [0.2, 0.25) is 0 Å². The molecule has 0 amide bonds. The molecule has 2 aromatic rings. The summed E-state index contributed by atoms with van der Waals surface area (Å²) in [4.78, 5) is 8.84. The predicted molar refractivity (Wildman–Crippen MR) is 86.4 cm³/mol. The monoisotopic (exact) mass is 305 g/mol. The third kappa shape index (κ3) is 5.52. The van der Waals surface area contributed by atoms with Crippen LogP contribution in [0.15, 0.2) is 27.8 Å². The third-order valence-electron chi connectivity index (χ3n) is 2.82. The van der Waals surface area contributed by atoms with Crippen LogP contribution in [0.3, 0.4) is 0 Å². The molecule has 2 heterocycles. The lowest BCUT2D eigenvalue weighted by molar-refractivity contribution is 0.382. The van der Waals surface area contributed by atoms with E-state index >= 15 is 0 Å². The minimum atomic E-state index is 0.0919. The molecule has 0 bridgehead atoms. The molecule has 0 atom stereocenters. The van der Waals surface area contributed by atoms with E-state index in [2.05, 4.69) is 36.1 Å². The maximum Gasteiger partial charge on any atom is 0.188 e. The first-order valence-electron chi connectivity index (χ1n) is 7.09. The van der Waals surface area contributed by atoms with Crippen molar-refractivity contribution in [3.05, 3.63) is 41.1 Å². The Kier molecular flexibility index (Phi) is 5.06. The van der Waals surface area contributed by atoms with Gasteiger partial charge in [-0.2, -0.15) is 0 Å². The lowest BCUT2D eigenvalue weighted by Crippen LogP contribution is -2.34. The van der Waals surface area contributed by atoms with Crippen molar-refractivity contribution in [2.75, 3.05) is 0 Å². The fourth-order valence-corrected chi connectivity index (χ4v) is 2.68. The predicted octanol–water partition coefficient (Wildman–Crippen LogP) is 3.87. The van der Waals surface area contributed by atoms with Crippen LogP contribution < -0.4 is 5.32 Å². The molecule has 0 radical (unpaired) electrons. The maximum atomic E-state index is 5.82. The molecule has 5 heteroatoms. The van der Waals surface area contributed by atoms with Gasteiger partial charge < -0.3 is 9.73 Å². The van der Waals surface area contributed by atoms with Gasteiger partial charge in [0.05, 0.1) is 12.3 Å². The second-order valence-corrected chi connectivity index (χ2v) is 7.14. The molecule has 114 valence electrons. The topological polar surface area (TPSA) is 51.0 Å². The van der Waals surface area contributed by atoms with E-state index in [0.29, 0.717) is 0 Å². The quantitative estimate of drug-likeness (QED) is 0.671. The highest BCUT2D eigenvalue weighted by Gasteiger charge is 2.10. The number of aryl methyl sites for hydroxylation is 2. The summed E-state index contributed by atoms with van der Waals surface area (Å²) >= 11 is 1.60. The molecule has 0 saturated heterocycles. The lowest BCUT2D eigenvalue weighted by Gasteiger charge is -2.19. The van der Waals surface area contributed by atoms with Crippen molar-refractivity contribution in [2.24, 2.45) is 0 Å². The fourth-order valence-electron chi connectivity index (χ4n) is 1.84. The van der Waals surface area contributed by atoms with Gasteiger partial charge in [-0.05, 0) is 52.8 Å². The van der Waals surface area contributed by atoms with Gasteiger partial charge in [-0.1, -0.05) is 11.8 Å². The Balaban J connectivity index is 1.90. The van der Waals surface area contributed by atoms with Crippen molar-refractivity contribution in [2.45, 2.75) is 57.6 Å². The molecule has 0 saturated carbocycles. The van der Waals surface area contributed by atoms with Crippen LogP contribution in [0, 0.1) is 13.8 Å². The molecule has 0 aliphatic carbocycles. The highest BCUT2D eigenvalue weighted by Crippen LogP contribution is 2.21. The van der Waals surface area contributed by atoms with Gasteiger partial charge in [-0.25, -0.2) is 9.97 Å².